The number of carbonyl (C=O) groups excluding carboxylic acids is 1. The van der Waals surface area contributed by atoms with E-state index in [0.29, 0.717) is 24.0 Å². The van der Waals surface area contributed by atoms with Gasteiger partial charge in [-0.2, -0.15) is 5.10 Å². The molecule has 3 heterocycles. The number of aromatic nitrogens is 2. The summed E-state index contributed by atoms with van der Waals surface area (Å²) in [6.07, 6.45) is 2.50. The molecule has 0 saturated carbocycles. The first-order valence-corrected chi connectivity index (χ1v) is 12.4. The fourth-order valence-corrected chi connectivity index (χ4v) is 6.04. The van der Waals surface area contributed by atoms with Gasteiger partial charge in [-0.05, 0) is 42.9 Å². The zero-order valence-corrected chi connectivity index (χ0v) is 19.5. The van der Waals surface area contributed by atoms with Gasteiger partial charge in [0.15, 0.2) is 5.78 Å². The highest BCUT2D eigenvalue weighted by Gasteiger charge is 2.32. The Labute approximate surface area is 193 Å². The molecule has 0 amide bonds. The van der Waals surface area contributed by atoms with Crippen LogP contribution in [0.1, 0.15) is 42.2 Å². The Morgan fingerprint density at radius 1 is 1.16 bits per heavy atom. The minimum atomic E-state index is 0.156. The van der Waals surface area contributed by atoms with Crippen molar-refractivity contribution in [3.8, 4) is 16.9 Å². The molecule has 0 radical (unpaired) electrons. The number of hydrogen-bond donors (Lipinski definition) is 1. The number of rotatable bonds is 5. The lowest BCUT2D eigenvalue weighted by molar-refractivity contribution is 0.0934. The largest absolute Gasteiger partial charge is 0.387 e. The molecule has 1 saturated heterocycles. The minimum absolute atomic E-state index is 0.156. The van der Waals surface area contributed by atoms with Crippen molar-refractivity contribution in [2.24, 2.45) is 11.8 Å². The van der Waals surface area contributed by atoms with Crippen LogP contribution in [0.25, 0.3) is 16.9 Å². The average molecular weight is 448 g/mol. The number of ether oxygens (including phenoxy) is 1. The van der Waals surface area contributed by atoms with Crippen LogP contribution in [0.15, 0.2) is 53.4 Å². The lowest BCUT2D eigenvalue weighted by Gasteiger charge is -2.21. The Balaban J connectivity index is 1.60. The maximum atomic E-state index is 13.6. The molecular formula is C26H29N3O2S. The number of ketones is 1. The van der Waals surface area contributed by atoms with Crippen LogP contribution in [0, 0.1) is 11.8 Å². The highest BCUT2D eigenvalue weighted by atomic mass is 32.2. The number of fused-ring (bicyclic) bond motifs is 3. The molecule has 32 heavy (non-hydrogen) atoms. The molecule has 2 aliphatic rings. The molecule has 2 atom stereocenters. The van der Waals surface area contributed by atoms with E-state index in [1.165, 1.54) is 4.90 Å². The first kappa shape index (κ1) is 21.3. The van der Waals surface area contributed by atoms with Crippen molar-refractivity contribution in [1.82, 2.24) is 9.78 Å². The number of carbonyl (C=O) groups is 1. The molecule has 6 heteroatoms. The molecule has 5 nitrogen and oxygen atoms in total. The minimum Gasteiger partial charge on any atom is -0.387 e. The highest BCUT2D eigenvalue weighted by Crippen LogP contribution is 2.47. The van der Waals surface area contributed by atoms with Gasteiger partial charge in [0.05, 0.1) is 11.4 Å². The molecule has 1 N–H and O–H groups in total. The molecule has 3 aromatic rings. The zero-order chi connectivity index (χ0) is 22.1. The SMILES string of the molecule is CNc1cccc2c1SCc1c(C(=O)CC3CCOCCC3C)nn(-c3ccccc3)c1-2. The van der Waals surface area contributed by atoms with Crippen LogP contribution in [0.4, 0.5) is 5.69 Å². The molecule has 1 fully saturated rings. The Morgan fingerprint density at radius 2 is 1.97 bits per heavy atom. The third kappa shape index (κ3) is 3.86. The molecule has 2 unspecified atom stereocenters. The topological polar surface area (TPSA) is 56.1 Å². The smallest absolute Gasteiger partial charge is 0.183 e. The number of anilines is 1. The van der Waals surface area contributed by atoms with Crippen molar-refractivity contribution < 1.29 is 9.53 Å². The summed E-state index contributed by atoms with van der Waals surface area (Å²) >= 11 is 1.78. The Hall–Kier alpha value is -2.57. The maximum absolute atomic E-state index is 13.6. The summed E-state index contributed by atoms with van der Waals surface area (Å²) in [5, 5.41) is 8.24. The molecule has 0 bridgehead atoms. The predicted molar refractivity (Wildman–Crippen MR) is 130 cm³/mol. The zero-order valence-electron chi connectivity index (χ0n) is 18.6. The normalized spacial score (nSPS) is 20.2. The van der Waals surface area contributed by atoms with Gasteiger partial charge in [0.2, 0.25) is 0 Å². The van der Waals surface area contributed by atoms with Crippen molar-refractivity contribution in [1.29, 1.82) is 0 Å². The van der Waals surface area contributed by atoms with Crippen LogP contribution < -0.4 is 5.32 Å². The van der Waals surface area contributed by atoms with E-state index < -0.39 is 0 Å². The molecule has 2 aliphatic heterocycles. The fraction of sp³-hybridized carbons (Fsp3) is 0.385. The van der Waals surface area contributed by atoms with E-state index in [-0.39, 0.29) is 5.78 Å². The van der Waals surface area contributed by atoms with E-state index in [0.717, 1.165) is 60.0 Å². The summed E-state index contributed by atoms with van der Waals surface area (Å²) in [6.45, 7) is 3.79. The Bertz CT molecular complexity index is 1130. The van der Waals surface area contributed by atoms with E-state index >= 15 is 0 Å². The van der Waals surface area contributed by atoms with E-state index in [4.69, 9.17) is 9.84 Å². The Morgan fingerprint density at radius 3 is 2.78 bits per heavy atom. The summed E-state index contributed by atoms with van der Waals surface area (Å²) in [4.78, 5) is 14.8. The van der Waals surface area contributed by atoms with Gasteiger partial charge >= 0.3 is 0 Å². The van der Waals surface area contributed by atoms with Crippen LogP contribution >= 0.6 is 11.8 Å². The average Bonchev–Trinajstić information content (AvgIpc) is 3.12. The molecule has 2 aromatic carbocycles. The molecular weight excluding hydrogens is 418 g/mol. The predicted octanol–water partition coefficient (Wildman–Crippen LogP) is 5.82. The molecule has 0 aliphatic carbocycles. The standard InChI is InChI=1S/C26H29N3O2S/c1-17-11-13-31-14-12-18(17)15-23(30)24-21-16-32-26-20(9-6-10-22(26)27-2)25(21)29(28-24)19-7-4-3-5-8-19/h3-10,17-18,27H,11-16H2,1-2H3. The number of hydrogen-bond acceptors (Lipinski definition) is 5. The van der Waals surface area contributed by atoms with Crippen molar-refractivity contribution in [3.63, 3.8) is 0 Å². The van der Waals surface area contributed by atoms with Crippen LogP contribution in [-0.4, -0.2) is 35.8 Å². The van der Waals surface area contributed by atoms with Crippen molar-refractivity contribution in [2.75, 3.05) is 25.6 Å². The monoisotopic (exact) mass is 447 g/mol. The lowest BCUT2D eigenvalue weighted by atomic mass is 9.84. The van der Waals surface area contributed by atoms with E-state index in [2.05, 4.69) is 42.6 Å². The second-order valence-corrected chi connectivity index (χ2v) is 9.68. The van der Waals surface area contributed by atoms with Gasteiger partial charge < -0.3 is 10.1 Å². The molecule has 1 aromatic heterocycles. The van der Waals surface area contributed by atoms with Crippen LogP contribution in [0.2, 0.25) is 0 Å². The number of thioether (sulfide) groups is 1. The van der Waals surface area contributed by atoms with E-state index in [1.54, 1.807) is 11.8 Å². The first-order valence-electron chi connectivity index (χ1n) is 11.4. The second kappa shape index (κ2) is 9.12. The number of benzene rings is 2. The molecule has 0 spiro atoms. The lowest BCUT2D eigenvalue weighted by Crippen LogP contribution is -2.17. The van der Waals surface area contributed by atoms with Crippen molar-refractivity contribution in [2.45, 2.75) is 36.8 Å². The van der Waals surface area contributed by atoms with Crippen molar-refractivity contribution in [3.05, 3.63) is 59.8 Å². The van der Waals surface area contributed by atoms with E-state index in [1.807, 2.05) is 29.9 Å². The molecule has 166 valence electrons. The summed E-state index contributed by atoms with van der Waals surface area (Å²) in [7, 11) is 1.95. The second-order valence-electron chi connectivity index (χ2n) is 8.70. The summed E-state index contributed by atoms with van der Waals surface area (Å²) < 4.78 is 7.63. The van der Waals surface area contributed by atoms with Crippen LogP contribution in [0.3, 0.4) is 0 Å². The molecule has 5 rings (SSSR count). The third-order valence-electron chi connectivity index (χ3n) is 6.75. The first-order chi connectivity index (χ1) is 15.7. The van der Waals surface area contributed by atoms with Crippen LogP contribution in [-0.2, 0) is 10.5 Å². The maximum Gasteiger partial charge on any atom is 0.183 e. The Kier molecular flexibility index (Phi) is 6.07. The number of para-hydroxylation sites is 1. The number of nitrogens with one attached hydrogen (secondary N) is 1. The number of Topliss-reactive ketones (excluding diaryl/α,β-unsaturated/α-hetero) is 1. The van der Waals surface area contributed by atoms with Gasteiger partial charge in [-0.15, -0.1) is 11.8 Å². The summed E-state index contributed by atoms with van der Waals surface area (Å²) in [5.41, 5.74) is 5.96. The van der Waals surface area contributed by atoms with Gasteiger partial charge in [-0.25, -0.2) is 4.68 Å². The van der Waals surface area contributed by atoms with Gasteiger partial charge in [-0.3, -0.25) is 4.79 Å². The summed E-state index contributed by atoms with van der Waals surface area (Å²) in [5.74, 6) is 1.74. The van der Waals surface area contributed by atoms with Crippen molar-refractivity contribution >= 4 is 23.2 Å². The quantitative estimate of drug-likeness (QED) is 0.499. The van der Waals surface area contributed by atoms with E-state index in [9.17, 15) is 4.79 Å². The fourth-order valence-electron chi connectivity index (χ4n) is 4.83. The van der Waals surface area contributed by atoms with Gasteiger partial charge in [-0.1, -0.05) is 37.3 Å². The van der Waals surface area contributed by atoms with Crippen LogP contribution in [0.5, 0.6) is 0 Å². The summed E-state index contributed by atoms with van der Waals surface area (Å²) in [6, 6.07) is 16.4. The third-order valence-corrected chi connectivity index (χ3v) is 7.91. The van der Waals surface area contributed by atoms with Gasteiger partial charge in [0.1, 0.15) is 5.69 Å². The number of nitrogens with zero attached hydrogens (tertiary/aromatic N) is 2. The van der Waals surface area contributed by atoms with Gasteiger partial charge in [0, 0.05) is 54.1 Å². The van der Waals surface area contributed by atoms with Gasteiger partial charge in [0.25, 0.3) is 0 Å². The highest BCUT2D eigenvalue weighted by molar-refractivity contribution is 7.99.